The first-order valence-electron chi connectivity index (χ1n) is 8.02. The van der Waals surface area contributed by atoms with E-state index in [-0.39, 0.29) is 12.8 Å². The minimum atomic E-state index is -1.06. The normalized spacial score (nSPS) is 11.7. The van der Waals surface area contributed by atoms with Crippen molar-refractivity contribution in [1.82, 2.24) is 15.2 Å². The molecule has 7 nitrogen and oxygen atoms in total. The molecular weight excluding hydrogens is 371 g/mol. The van der Waals surface area contributed by atoms with Crippen LogP contribution in [0.3, 0.4) is 0 Å². The Morgan fingerprint density at radius 1 is 1.15 bits per heavy atom. The number of carboxylic acid groups (broad SMARTS) is 1. The summed E-state index contributed by atoms with van der Waals surface area (Å²) in [6.07, 6.45) is 2.87. The van der Waals surface area contributed by atoms with Crippen molar-refractivity contribution in [1.29, 1.82) is 0 Å². The average molecular weight is 386 g/mol. The van der Waals surface area contributed by atoms with Crippen LogP contribution in [-0.4, -0.2) is 32.2 Å². The van der Waals surface area contributed by atoms with Gasteiger partial charge in [-0.2, -0.15) is 0 Å². The van der Waals surface area contributed by atoms with E-state index in [2.05, 4.69) is 20.5 Å². The minimum absolute atomic E-state index is 0.111. The van der Waals surface area contributed by atoms with Crippen molar-refractivity contribution in [3.05, 3.63) is 60.2 Å². The van der Waals surface area contributed by atoms with Crippen LogP contribution in [0, 0.1) is 5.82 Å². The molecule has 3 aromatic rings. The number of aliphatic carboxylic acids is 1. The van der Waals surface area contributed by atoms with Gasteiger partial charge in [0, 0.05) is 30.3 Å². The number of pyridine rings is 1. The third-order valence-electron chi connectivity index (χ3n) is 3.77. The number of halogens is 1. The highest BCUT2D eigenvalue weighted by Gasteiger charge is 2.21. The highest BCUT2D eigenvalue weighted by Crippen LogP contribution is 2.28. The monoisotopic (exact) mass is 386 g/mol. The molecule has 0 aliphatic heterocycles. The zero-order valence-corrected chi connectivity index (χ0v) is 14.8. The maximum atomic E-state index is 13.4. The van der Waals surface area contributed by atoms with E-state index in [1.165, 1.54) is 29.5 Å². The number of anilines is 1. The molecule has 2 heterocycles. The number of aromatic nitrogens is 3. The molecule has 1 aromatic carbocycles. The fraction of sp³-hybridized carbons (Fsp3) is 0.167. The Kier molecular flexibility index (Phi) is 5.82. The van der Waals surface area contributed by atoms with E-state index >= 15 is 0 Å². The van der Waals surface area contributed by atoms with Gasteiger partial charge in [-0.05, 0) is 29.8 Å². The minimum Gasteiger partial charge on any atom is -0.481 e. The summed E-state index contributed by atoms with van der Waals surface area (Å²) in [5, 5.41) is 20.6. The van der Waals surface area contributed by atoms with Crippen LogP contribution in [0.15, 0.2) is 48.8 Å². The fourth-order valence-corrected chi connectivity index (χ4v) is 3.32. The third kappa shape index (κ3) is 5.14. The number of carbonyl (C=O) groups excluding carboxylic acids is 1. The van der Waals surface area contributed by atoms with E-state index in [9.17, 15) is 14.0 Å². The number of nitrogens with zero attached hydrogens (tertiary/aromatic N) is 3. The van der Waals surface area contributed by atoms with E-state index in [1.54, 1.807) is 30.6 Å². The van der Waals surface area contributed by atoms with E-state index in [1.807, 2.05) is 0 Å². The second-order valence-corrected chi connectivity index (χ2v) is 6.73. The predicted molar refractivity (Wildman–Crippen MR) is 97.8 cm³/mol. The number of carboxylic acids is 1. The molecule has 9 heteroatoms. The molecule has 0 aliphatic rings. The molecule has 138 valence electrons. The standard InChI is InChI=1S/C18H15FN4O3S/c19-14-3-1-2-12(8-14)13(10-16(25)26)9-15(24)21-18-23-22-17(27-18)11-4-6-20-7-5-11/h1-8,13H,9-10H2,(H,25,26)(H,21,23,24). The van der Waals surface area contributed by atoms with E-state index < -0.39 is 23.6 Å². The molecule has 0 radical (unpaired) electrons. The van der Waals surface area contributed by atoms with Crippen LogP contribution in [0.25, 0.3) is 10.6 Å². The zero-order valence-electron chi connectivity index (χ0n) is 14.0. The van der Waals surface area contributed by atoms with Gasteiger partial charge in [0.25, 0.3) is 0 Å². The fourth-order valence-electron chi connectivity index (χ4n) is 2.56. The van der Waals surface area contributed by atoms with Crippen LogP contribution < -0.4 is 5.32 Å². The van der Waals surface area contributed by atoms with Crippen LogP contribution >= 0.6 is 11.3 Å². The van der Waals surface area contributed by atoms with Crippen molar-refractivity contribution in [2.24, 2.45) is 0 Å². The summed E-state index contributed by atoms with van der Waals surface area (Å²) in [5.41, 5.74) is 1.29. The number of hydrogen-bond acceptors (Lipinski definition) is 6. The summed E-state index contributed by atoms with van der Waals surface area (Å²) in [5.74, 6) is -2.60. The van der Waals surface area contributed by atoms with E-state index in [0.29, 0.717) is 15.7 Å². The Hall–Kier alpha value is -3.20. The van der Waals surface area contributed by atoms with Crippen molar-refractivity contribution in [3.63, 3.8) is 0 Å². The first-order valence-corrected chi connectivity index (χ1v) is 8.84. The van der Waals surface area contributed by atoms with Gasteiger partial charge in [-0.3, -0.25) is 14.6 Å². The van der Waals surface area contributed by atoms with Crippen molar-refractivity contribution < 1.29 is 19.1 Å². The molecule has 2 N–H and O–H groups in total. The molecule has 0 fully saturated rings. The Morgan fingerprint density at radius 3 is 2.63 bits per heavy atom. The van der Waals surface area contributed by atoms with Gasteiger partial charge in [-0.1, -0.05) is 23.5 Å². The lowest BCUT2D eigenvalue weighted by Crippen LogP contribution is -2.17. The smallest absolute Gasteiger partial charge is 0.303 e. The van der Waals surface area contributed by atoms with Crippen molar-refractivity contribution in [2.45, 2.75) is 18.8 Å². The molecule has 1 amide bonds. The van der Waals surface area contributed by atoms with Gasteiger partial charge in [-0.15, -0.1) is 10.2 Å². The van der Waals surface area contributed by atoms with Gasteiger partial charge in [0.1, 0.15) is 10.8 Å². The average Bonchev–Trinajstić information content (AvgIpc) is 3.10. The molecule has 0 saturated heterocycles. The van der Waals surface area contributed by atoms with Crippen LogP contribution in [0.1, 0.15) is 24.3 Å². The lowest BCUT2D eigenvalue weighted by atomic mass is 9.92. The Bertz CT molecular complexity index is 949. The second kappa shape index (κ2) is 8.45. The van der Waals surface area contributed by atoms with Crippen LogP contribution in [0.2, 0.25) is 0 Å². The number of rotatable bonds is 7. The highest BCUT2D eigenvalue weighted by molar-refractivity contribution is 7.18. The Balaban J connectivity index is 1.69. The van der Waals surface area contributed by atoms with Gasteiger partial charge in [0.05, 0.1) is 6.42 Å². The van der Waals surface area contributed by atoms with Gasteiger partial charge in [-0.25, -0.2) is 4.39 Å². The Morgan fingerprint density at radius 2 is 1.93 bits per heavy atom. The molecule has 2 aromatic heterocycles. The topological polar surface area (TPSA) is 105 Å². The van der Waals surface area contributed by atoms with E-state index in [4.69, 9.17) is 5.11 Å². The number of carbonyl (C=O) groups is 2. The summed E-state index contributed by atoms with van der Waals surface area (Å²) < 4.78 is 13.4. The predicted octanol–water partition coefficient (Wildman–Crippen LogP) is 3.33. The second-order valence-electron chi connectivity index (χ2n) is 5.75. The number of benzene rings is 1. The van der Waals surface area contributed by atoms with Crippen LogP contribution in [0.5, 0.6) is 0 Å². The highest BCUT2D eigenvalue weighted by atomic mass is 32.1. The molecule has 0 aliphatic carbocycles. The largest absolute Gasteiger partial charge is 0.481 e. The van der Waals surface area contributed by atoms with Crippen LogP contribution in [-0.2, 0) is 9.59 Å². The number of amides is 1. The molecule has 3 rings (SSSR count). The molecule has 1 unspecified atom stereocenters. The summed E-state index contributed by atoms with van der Waals surface area (Å²) in [6, 6.07) is 9.16. The number of hydrogen-bond donors (Lipinski definition) is 2. The quantitative estimate of drug-likeness (QED) is 0.645. The van der Waals surface area contributed by atoms with Crippen molar-refractivity contribution in [2.75, 3.05) is 5.32 Å². The molecule has 1 atom stereocenters. The van der Waals surface area contributed by atoms with Crippen LogP contribution in [0.4, 0.5) is 9.52 Å². The summed E-state index contributed by atoms with van der Waals surface area (Å²) in [6.45, 7) is 0. The summed E-state index contributed by atoms with van der Waals surface area (Å²) >= 11 is 1.20. The first-order chi connectivity index (χ1) is 13.0. The molecule has 27 heavy (non-hydrogen) atoms. The summed E-state index contributed by atoms with van der Waals surface area (Å²) in [7, 11) is 0. The SMILES string of the molecule is O=C(O)CC(CC(=O)Nc1nnc(-c2ccncc2)s1)c1cccc(F)c1. The van der Waals surface area contributed by atoms with Crippen molar-refractivity contribution in [3.8, 4) is 10.6 Å². The lowest BCUT2D eigenvalue weighted by molar-refractivity contribution is -0.137. The summed E-state index contributed by atoms with van der Waals surface area (Å²) in [4.78, 5) is 27.4. The zero-order chi connectivity index (χ0) is 19.2. The first kappa shape index (κ1) is 18.6. The molecular formula is C18H15FN4O3S. The van der Waals surface area contributed by atoms with Gasteiger partial charge in [0.2, 0.25) is 11.0 Å². The molecule has 0 spiro atoms. The van der Waals surface area contributed by atoms with Gasteiger partial charge < -0.3 is 10.4 Å². The van der Waals surface area contributed by atoms with Crippen molar-refractivity contribution >= 4 is 28.3 Å². The van der Waals surface area contributed by atoms with Gasteiger partial charge >= 0.3 is 5.97 Å². The lowest BCUT2D eigenvalue weighted by Gasteiger charge is -2.14. The number of nitrogens with one attached hydrogen (secondary N) is 1. The third-order valence-corrected chi connectivity index (χ3v) is 4.66. The maximum Gasteiger partial charge on any atom is 0.303 e. The van der Waals surface area contributed by atoms with Gasteiger partial charge in [0.15, 0.2) is 0 Å². The Labute approximate surface area is 157 Å². The molecule has 0 bridgehead atoms. The maximum absolute atomic E-state index is 13.4. The van der Waals surface area contributed by atoms with E-state index in [0.717, 1.165) is 5.56 Å². The molecule has 0 saturated carbocycles.